The van der Waals surface area contributed by atoms with Gasteiger partial charge in [-0.05, 0) is 19.9 Å². The number of aliphatic carboxylic acids is 1. The summed E-state index contributed by atoms with van der Waals surface area (Å²) in [6.45, 7) is 6.77. The van der Waals surface area contributed by atoms with Crippen molar-refractivity contribution in [2.24, 2.45) is 11.8 Å². The van der Waals surface area contributed by atoms with E-state index in [0.29, 0.717) is 10.6 Å². The first-order valence-corrected chi connectivity index (χ1v) is 7.40. The molecule has 2 unspecified atom stereocenters. The summed E-state index contributed by atoms with van der Waals surface area (Å²) in [4.78, 5) is 35.7. The second kappa shape index (κ2) is 7.21. The molecule has 0 aliphatic carbocycles. The van der Waals surface area contributed by atoms with Crippen LogP contribution in [0.25, 0.3) is 0 Å². The third-order valence-corrected chi connectivity index (χ3v) is 4.11. The molecule has 2 N–H and O–H groups in total. The highest BCUT2D eigenvalue weighted by Gasteiger charge is 2.27. The second-order valence-corrected chi connectivity index (χ2v) is 5.98. The van der Waals surface area contributed by atoms with Gasteiger partial charge in [-0.2, -0.15) is 0 Å². The Morgan fingerprint density at radius 2 is 1.95 bits per heavy atom. The standard InChI is InChI=1S/C14H19NO5S/c1-5-20-14(19)10-6-7(2)21-12(10)15-11(16)8(3)9(4)13(17)18/h6,8-9H,5H2,1-4H3,(H,15,16)(H,17,18). The number of esters is 1. The van der Waals surface area contributed by atoms with Gasteiger partial charge in [-0.15, -0.1) is 11.3 Å². The Bertz CT molecular complexity index is 552. The number of rotatable bonds is 6. The van der Waals surface area contributed by atoms with Gasteiger partial charge in [0.2, 0.25) is 5.91 Å². The van der Waals surface area contributed by atoms with Crippen molar-refractivity contribution in [1.82, 2.24) is 0 Å². The van der Waals surface area contributed by atoms with Gasteiger partial charge in [-0.25, -0.2) is 4.79 Å². The fraction of sp³-hybridized carbons (Fsp3) is 0.500. The normalized spacial score (nSPS) is 13.3. The number of carboxylic acid groups (broad SMARTS) is 1. The predicted molar refractivity (Wildman–Crippen MR) is 79.6 cm³/mol. The molecule has 6 nitrogen and oxygen atoms in total. The van der Waals surface area contributed by atoms with E-state index in [4.69, 9.17) is 9.84 Å². The molecule has 1 aromatic heterocycles. The zero-order valence-electron chi connectivity index (χ0n) is 12.4. The fourth-order valence-electron chi connectivity index (χ4n) is 1.63. The van der Waals surface area contributed by atoms with Crippen molar-refractivity contribution in [3.05, 3.63) is 16.5 Å². The highest BCUT2D eigenvalue weighted by Crippen LogP contribution is 2.29. The molecule has 0 aromatic carbocycles. The summed E-state index contributed by atoms with van der Waals surface area (Å²) in [5.41, 5.74) is 0.294. The Morgan fingerprint density at radius 3 is 2.48 bits per heavy atom. The van der Waals surface area contributed by atoms with E-state index in [9.17, 15) is 14.4 Å². The van der Waals surface area contributed by atoms with Gasteiger partial charge in [0.15, 0.2) is 0 Å². The molecular formula is C14H19NO5S. The molecule has 0 aliphatic rings. The topological polar surface area (TPSA) is 92.7 Å². The zero-order chi connectivity index (χ0) is 16.2. The van der Waals surface area contributed by atoms with Gasteiger partial charge in [0.1, 0.15) is 5.00 Å². The van der Waals surface area contributed by atoms with E-state index in [2.05, 4.69) is 5.32 Å². The van der Waals surface area contributed by atoms with Crippen molar-refractivity contribution < 1.29 is 24.2 Å². The quantitative estimate of drug-likeness (QED) is 0.787. The second-order valence-electron chi connectivity index (χ2n) is 4.73. The van der Waals surface area contributed by atoms with Crippen LogP contribution in [-0.4, -0.2) is 29.6 Å². The number of hydrogen-bond donors (Lipinski definition) is 2. The number of nitrogens with one attached hydrogen (secondary N) is 1. The molecule has 0 radical (unpaired) electrons. The average molecular weight is 313 g/mol. The fourth-order valence-corrected chi connectivity index (χ4v) is 2.54. The highest BCUT2D eigenvalue weighted by molar-refractivity contribution is 7.16. The molecule has 1 aromatic rings. The molecule has 7 heteroatoms. The van der Waals surface area contributed by atoms with Crippen LogP contribution in [0, 0.1) is 18.8 Å². The van der Waals surface area contributed by atoms with Crippen molar-refractivity contribution in [2.75, 3.05) is 11.9 Å². The van der Waals surface area contributed by atoms with Gasteiger partial charge in [0.05, 0.1) is 18.1 Å². The van der Waals surface area contributed by atoms with E-state index in [1.54, 1.807) is 19.9 Å². The molecule has 1 heterocycles. The maximum atomic E-state index is 12.1. The lowest BCUT2D eigenvalue weighted by molar-refractivity contribution is -0.145. The van der Waals surface area contributed by atoms with Crippen LogP contribution >= 0.6 is 11.3 Å². The van der Waals surface area contributed by atoms with Gasteiger partial charge in [-0.3, -0.25) is 9.59 Å². The number of thiophene rings is 1. The number of aryl methyl sites for hydroxylation is 1. The lowest BCUT2D eigenvalue weighted by Gasteiger charge is -2.15. The van der Waals surface area contributed by atoms with Gasteiger partial charge < -0.3 is 15.2 Å². The number of carbonyl (C=O) groups is 3. The molecule has 21 heavy (non-hydrogen) atoms. The maximum Gasteiger partial charge on any atom is 0.341 e. The van der Waals surface area contributed by atoms with Crippen LogP contribution < -0.4 is 5.32 Å². The Balaban J connectivity index is 2.90. The molecule has 116 valence electrons. The molecule has 0 saturated heterocycles. The Kier molecular flexibility index (Phi) is 5.90. The van der Waals surface area contributed by atoms with Crippen LogP contribution in [0.5, 0.6) is 0 Å². The summed E-state index contributed by atoms with van der Waals surface area (Å²) in [5, 5.41) is 11.9. The number of carbonyl (C=O) groups excluding carboxylic acids is 2. The van der Waals surface area contributed by atoms with E-state index in [1.807, 2.05) is 6.92 Å². The number of hydrogen-bond acceptors (Lipinski definition) is 5. The van der Waals surface area contributed by atoms with Crippen LogP contribution in [0.3, 0.4) is 0 Å². The minimum Gasteiger partial charge on any atom is -0.481 e. The summed E-state index contributed by atoms with van der Waals surface area (Å²) in [5.74, 6) is -3.49. The van der Waals surface area contributed by atoms with Crippen LogP contribution in [-0.2, 0) is 14.3 Å². The van der Waals surface area contributed by atoms with Crippen molar-refractivity contribution >= 4 is 34.2 Å². The third kappa shape index (κ3) is 4.29. The van der Waals surface area contributed by atoms with Crippen LogP contribution in [0.15, 0.2) is 6.07 Å². The molecule has 0 saturated carbocycles. The molecule has 0 aliphatic heterocycles. The number of amides is 1. The molecular weight excluding hydrogens is 294 g/mol. The first-order valence-electron chi connectivity index (χ1n) is 6.59. The summed E-state index contributed by atoms with van der Waals surface area (Å²) in [7, 11) is 0. The van der Waals surface area contributed by atoms with Gasteiger partial charge in [-0.1, -0.05) is 13.8 Å². The predicted octanol–water partition coefficient (Wildman–Crippen LogP) is 2.53. The molecule has 1 rings (SSSR count). The Hall–Kier alpha value is -1.89. The van der Waals surface area contributed by atoms with Gasteiger partial charge >= 0.3 is 11.9 Å². The van der Waals surface area contributed by atoms with Crippen molar-refractivity contribution in [2.45, 2.75) is 27.7 Å². The number of ether oxygens (including phenoxy) is 1. The van der Waals surface area contributed by atoms with E-state index in [-0.39, 0.29) is 6.61 Å². The minimum atomic E-state index is -1.04. The smallest absolute Gasteiger partial charge is 0.341 e. The van der Waals surface area contributed by atoms with Gasteiger partial charge in [0, 0.05) is 10.8 Å². The lowest BCUT2D eigenvalue weighted by atomic mass is 9.95. The molecule has 2 atom stereocenters. The number of anilines is 1. The maximum absolute atomic E-state index is 12.1. The first-order chi connectivity index (χ1) is 9.77. The summed E-state index contributed by atoms with van der Waals surface area (Å²) in [6, 6.07) is 1.64. The van der Waals surface area contributed by atoms with Crippen LogP contribution in [0.2, 0.25) is 0 Å². The minimum absolute atomic E-state index is 0.244. The van der Waals surface area contributed by atoms with Crippen molar-refractivity contribution in [3.63, 3.8) is 0 Å². The first kappa shape index (κ1) is 17.2. The number of carboxylic acids is 1. The highest BCUT2D eigenvalue weighted by atomic mass is 32.1. The molecule has 0 spiro atoms. The van der Waals surface area contributed by atoms with E-state index in [0.717, 1.165) is 4.88 Å². The zero-order valence-corrected chi connectivity index (χ0v) is 13.2. The molecule has 0 fully saturated rings. The van der Waals surface area contributed by atoms with E-state index in [1.165, 1.54) is 18.3 Å². The van der Waals surface area contributed by atoms with E-state index >= 15 is 0 Å². The van der Waals surface area contributed by atoms with Crippen LogP contribution in [0.4, 0.5) is 5.00 Å². The van der Waals surface area contributed by atoms with E-state index < -0.39 is 29.7 Å². The van der Waals surface area contributed by atoms with Gasteiger partial charge in [0.25, 0.3) is 0 Å². The molecule has 0 bridgehead atoms. The molecule has 1 amide bonds. The van der Waals surface area contributed by atoms with Crippen molar-refractivity contribution in [3.8, 4) is 0 Å². The van der Waals surface area contributed by atoms with Crippen LogP contribution in [0.1, 0.15) is 36.0 Å². The monoisotopic (exact) mass is 313 g/mol. The third-order valence-electron chi connectivity index (χ3n) is 3.14. The lowest BCUT2D eigenvalue weighted by Crippen LogP contribution is -2.30. The Morgan fingerprint density at radius 1 is 1.33 bits per heavy atom. The summed E-state index contributed by atoms with van der Waals surface area (Å²) >= 11 is 1.25. The summed E-state index contributed by atoms with van der Waals surface area (Å²) in [6.07, 6.45) is 0. The largest absolute Gasteiger partial charge is 0.481 e. The van der Waals surface area contributed by atoms with Crippen molar-refractivity contribution in [1.29, 1.82) is 0 Å². The SMILES string of the molecule is CCOC(=O)c1cc(C)sc1NC(=O)C(C)C(C)C(=O)O. The average Bonchev–Trinajstić information content (AvgIpc) is 2.78. The summed E-state index contributed by atoms with van der Waals surface area (Å²) < 4.78 is 4.93. The Labute approximate surface area is 127 Å².